The highest BCUT2D eigenvalue weighted by Crippen LogP contribution is 2.33. The molecule has 0 atom stereocenters. The number of nitrogens with zero attached hydrogens (tertiary/aromatic N) is 2. The molecule has 14 heavy (non-hydrogen) atoms. The van der Waals surface area contributed by atoms with Crippen LogP contribution < -0.4 is 0 Å². The Balaban J connectivity index is 2.79. The van der Waals surface area contributed by atoms with Crippen molar-refractivity contribution in [3.05, 3.63) is 10.0 Å². The minimum Gasteiger partial charge on any atom is -0.164 e. The number of halogens is 3. The van der Waals surface area contributed by atoms with Crippen molar-refractivity contribution < 1.29 is 13.2 Å². The maximum absolute atomic E-state index is 12.1. The fraction of sp³-hybridized carbons (Fsp3) is 0.750. The molecule has 80 valence electrons. The summed E-state index contributed by atoms with van der Waals surface area (Å²) in [7, 11) is 0. The zero-order valence-electron chi connectivity index (χ0n) is 8.14. The average Bonchev–Trinajstić information content (AvgIpc) is 2.29. The zero-order valence-corrected chi connectivity index (χ0v) is 8.96. The van der Waals surface area contributed by atoms with E-state index in [1.807, 2.05) is 20.8 Å². The van der Waals surface area contributed by atoms with E-state index in [-0.39, 0.29) is 5.41 Å². The van der Waals surface area contributed by atoms with Gasteiger partial charge in [-0.25, -0.2) is 0 Å². The number of hydrogen-bond acceptors (Lipinski definition) is 3. The van der Waals surface area contributed by atoms with Gasteiger partial charge in [-0.1, -0.05) is 32.1 Å². The molecule has 0 unspecified atom stereocenters. The number of rotatable bonds is 1. The predicted molar refractivity (Wildman–Crippen MR) is 48.1 cm³/mol. The molecule has 0 amide bonds. The van der Waals surface area contributed by atoms with E-state index in [2.05, 4.69) is 10.2 Å². The van der Waals surface area contributed by atoms with E-state index >= 15 is 0 Å². The third kappa shape index (κ3) is 3.25. The highest BCUT2D eigenvalue weighted by Gasteiger charge is 2.35. The van der Waals surface area contributed by atoms with E-state index in [4.69, 9.17) is 0 Å². The second-order valence-electron chi connectivity index (χ2n) is 4.24. The van der Waals surface area contributed by atoms with Crippen LogP contribution in [0, 0.1) is 5.41 Å². The van der Waals surface area contributed by atoms with Crippen LogP contribution in [0.15, 0.2) is 0 Å². The predicted octanol–water partition coefficient (Wildman–Crippen LogP) is 3.15. The third-order valence-corrected chi connectivity index (χ3v) is 2.36. The number of aromatic nitrogens is 2. The third-order valence-electron chi connectivity index (χ3n) is 1.39. The van der Waals surface area contributed by atoms with Crippen LogP contribution in [0.3, 0.4) is 0 Å². The molecule has 0 aliphatic rings. The van der Waals surface area contributed by atoms with Gasteiger partial charge in [-0.05, 0) is 5.41 Å². The molecule has 2 nitrogen and oxygen atoms in total. The maximum atomic E-state index is 12.1. The first kappa shape index (κ1) is 11.4. The van der Waals surface area contributed by atoms with Crippen LogP contribution in [0.2, 0.25) is 0 Å². The molecule has 0 N–H and O–H groups in total. The van der Waals surface area contributed by atoms with Crippen LogP contribution in [-0.4, -0.2) is 10.2 Å². The van der Waals surface area contributed by atoms with Crippen molar-refractivity contribution in [3.8, 4) is 0 Å². The van der Waals surface area contributed by atoms with Gasteiger partial charge >= 0.3 is 6.18 Å². The summed E-state index contributed by atoms with van der Waals surface area (Å²) in [5.41, 5.74) is -0.0671. The molecule has 1 aromatic rings. The fourth-order valence-corrected chi connectivity index (χ4v) is 1.90. The van der Waals surface area contributed by atoms with Gasteiger partial charge in [0.1, 0.15) is 5.01 Å². The summed E-state index contributed by atoms with van der Waals surface area (Å²) in [6.45, 7) is 5.84. The number of hydrogen-bond donors (Lipinski definition) is 0. The normalized spacial score (nSPS) is 13.3. The van der Waals surface area contributed by atoms with Gasteiger partial charge in [-0.15, -0.1) is 10.2 Å². The van der Waals surface area contributed by atoms with Crippen molar-refractivity contribution in [2.75, 3.05) is 0 Å². The Morgan fingerprint density at radius 2 is 1.71 bits per heavy atom. The molecule has 0 aliphatic heterocycles. The monoisotopic (exact) mass is 224 g/mol. The van der Waals surface area contributed by atoms with Gasteiger partial charge in [-0.3, -0.25) is 0 Å². The van der Waals surface area contributed by atoms with Gasteiger partial charge in [0.25, 0.3) is 0 Å². The van der Waals surface area contributed by atoms with E-state index in [9.17, 15) is 13.2 Å². The molecule has 1 rings (SSSR count). The van der Waals surface area contributed by atoms with Crippen molar-refractivity contribution >= 4 is 11.3 Å². The minimum atomic E-state index is -4.37. The lowest BCUT2D eigenvalue weighted by Gasteiger charge is -2.14. The Labute approximate surface area is 84.2 Å². The lowest BCUT2D eigenvalue weighted by atomic mass is 9.93. The Morgan fingerprint density at radius 1 is 1.14 bits per heavy atom. The van der Waals surface area contributed by atoms with E-state index in [1.165, 1.54) is 0 Å². The summed E-state index contributed by atoms with van der Waals surface area (Å²) in [5, 5.41) is 6.20. The second kappa shape index (κ2) is 3.49. The standard InChI is InChI=1S/C8H11F3N2S/c1-7(2,3)4-5-12-13-6(14-5)8(9,10)11/h4H2,1-3H3. The summed E-state index contributed by atoms with van der Waals surface area (Å²) >= 11 is 0.619. The summed E-state index contributed by atoms with van der Waals surface area (Å²) in [5.74, 6) is 0. The maximum Gasteiger partial charge on any atom is 0.445 e. The van der Waals surface area contributed by atoms with Gasteiger partial charge in [-0.2, -0.15) is 13.2 Å². The molecule has 6 heteroatoms. The summed E-state index contributed by atoms with van der Waals surface area (Å²) < 4.78 is 36.4. The van der Waals surface area contributed by atoms with Crippen LogP contribution in [0.5, 0.6) is 0 Å². The van der Waals surface area contributed by atoms with Gasteiger partial charge in [0.15, 0.2) is 0 Å². The van der Waals surface area contributed by atoms with E-state index in [0.29, 0.717) is 22.8 Å². The van der Waals surface area contributed by atoms with Crippen LogP contribution in [0.1, 0.15) is 30.8 Å². The van der Waals surface area contributed by atoms with Crippen LogP contribution in [0.4, 0.5) is 13.2 Å². The molecule has 0 bridgehead atoms. The Kier molecular flexibility index (Phi) is 2.85. The topological polar surface area (TPSA) is 25.8 Å². The molecule has 1 heterocycles. The molecule has 1 aromatic heterocycles. The quantitative estimate of drug-likeness (QED) is 0.732. The molecule has 0 fully saturated rings. The van der Waals surface area contributed by atoms with Crippen molar-refractivity contribution in [1.29, 1.82) is 0 Å². The van der Waals surface area contributed by atoms with Crippen molar-refractivity contribution in [2.24, 2.45) is 5.41 Å². The highest BCUT2D eigenvalue weighted by molar-refractivity contribution is 7.11. The van der Waals surface area contributed by atoms with Crippen LogP contribution in [0.25, 0.3) is 0 Å². The van der Waals surface area contributed by atoms with Crippen LogP contribution >= 0.6 is 11.3 Å². The van der Waals surface area contributed by atoms with Gasteiger partial charge in [0, 0.05) is 6.42 Å². The number of alkyl halides is 3. The summed E-state index contributed by atoms with van der Waals surface area (Å²) in [6, 6.07) is 0. The van der Waals surface area contributed by atoms with Crippen LogP contribution in [-0.2, 0) is 12.6 Å². The zero-order chi connectivity index (χ0) is 11.0. The smallest absolute Gasteiger partial charge is 0.164 e. The summed E-state index contributed by atoms with van der Waals surface area (Å²) in [4.78, 5) is 0. The Hall–Kier alpha value is -0.650. The van der Waals surface area contributed by atoms with E-state index in [1.54, 1.807) is 0 Å². The van der Waals surface area contributed by atoms with Crippen molar-refractivity contribution in [3.63, 3.8) is 0 Å². The molecular weight excluding hydrogens is 213 g/mol. The first-order valence-corrected chi connectivity index (χ1v) is 4.90. The molecule has 0 aliphatic carbocycles. The van der Waals surface area contributed by atoms with Gasteiger partial charge < -0.3 is 0 Å². The van der Waals surface area contributed by atoms with Crippen molar-refractivity contribution in [2.45, 2.75) is 33.4 Å². The van der Waals surface area contributed by atoms with E-state index in [0.717, 1.165) is 0 Å². The molecule has 0 saturated heterocycles. The molecule has 0 saturated carbocycles. The molecule has 0 spiro atoms. The molecule has 0 aromatic carbocycles. The molecule has 0 radical (unpaired) electrons. The fourth-order valence-electron chi connectivity index (χ4n) is 0.893. The van der Waals surface area contributed by atoms with Gasteiger partial charge in [0.05, 0.1) is 0 Å². The summed E-state index contributed by atoms with van der Waals surface area (Å²) in [6.07, 6.45) is -3.85. The lowest BCUT2D eigenvalue weighted by Crippen LogP contribution is -2.08. The first-order chi connectivity index (χ1) is 6.18. The second-order valence-corrected chi connectivity index (χ2v) is 5.30. The Bertz CT molecular complexity index is 311. The van der Waals surface area contributed by atoms with Crippen molar-refractivity contribution in [1.82, 2.24) is 10.2 Å². The average molecular weight is 224 g/mol. The lowest BCUT2D eigenvalue weighted by molar-refractivity contribution is -0.138. The van der Waals surface area contributed by atoms with Gasteiger partial charge in [0.2, 0.25) is 5.01 Å². The largest absolute Gasteiger partial charge is 0.445 e. The molecular formula is C8H11F3N2S. The Morgan fingerprint density at radius 3 is 2.07 bits per heavy atom. The van der Waals surface area contributed by atoms with E-state index < -0.39 is 11.2 Å². The minimum absolute atomic E-state index is 0.0671. The SMILES string of the molecule is CC(C)(C)Cc1nnc(C(F)(F)F)s1. The first-order valence-electron chi connectivity index (χ1n) is 4.08. The highest BCUT2D eigenvalue weighted by atomic mass is 32.1.